The van der Waals surface area contributed by atoms with E-state index in [-0.39, 0.29) is 28.6 Å². The first kappa shape index (κ1) is 58.4. The molecule has 0 saturated heterocycles. The van der Waals surface area contributed by atoms with Crippen LogP contribution in [-0.4, -0.2) is 168 Å². The van der Waals surface area contributed by atoms with E-state index in [2.05, 4.69) is 76.5 Å². The van der Waals surface area contributed by atoms with Gasteiger partial charge in [0.15, 0.2) is 17.1 Å². The van der Waals surface area contributed by atoms with E-state index in [4.69, 9.17) is 25.5 Å². The number of hydrogen-bond donors (Lipinski definition) is 5. The Balaban J connectivity index is 0.000000161. The average molecular weight is 1090 g/mol. The van der Waals surface area contributed by atoms with Gasteiger partial charge in [-0.25, -0.2) is 14.4 Å². The normalized spacial score (nSPS) is 10.4. The highest BCUT2D eigenvalue weighted by Gasteiger charge is 2.22. The topological polar surface area (TPSA) is 404 Å². The molecule has 30 nitrogen and oxygen atoms in total. The second-order valence-electron chi connectivity index (χ2n) is 16.7. The summed E-state index contributed by atoms with van der Waals surface area (Å²) in [7, 11) is 8.02. The maximum atomic E-state index is 11.6. The van der Waals surface area contributed by atoms with Gasteiger partial charge in [-0.15, -0.1) is 0 Å². The van der Waals surface area contributed by atoms with Crippen LogP contribution in [0.4, 0.5) is 0 Å². The first-order valence-electron chi connectivity index (χ1n) is 23.3. The second kappa shape index (κ2) is 26.7. The molecule has 0 bridgehead atoms. The predicted molar refractivity (Wildman–Crippen MR) is 279 cm³/mol. The predicted octanol–water partition coefficient (Wildman–Crippen LogP) is 2.76. The van der Waals surface area contributed by atoms with Crippen LogP contribution in [-0.2, 0) is 35.2 Å². The SMILES string of the molecule is Cc1ccc(-c2cnn(C)c2C(=O)O)nn1.Cc1cnnc(-c2cnn(C)c2C(=O)CO)c1.Cc1cnnc(-c2cnn(C)c2C(=O)O)c1.Cn1ncc(-c2cccnn2)c1C(=O)CO.Cn1ncc(-c2cccnn2)c1C(=O)O. The Morgan fingerprint density at radius 3 is 1.00 bits per heavy atom. The van der Waals surface area contributed by atoms with Gasteiger partial charge in [-0.2, -0.15) is 76.5 Å². The number of aliphatic hydroxyl groups excluding tert-OH is 2. The first-order valence-corrected chi connectivity index (χ1v) is 23.3. The van der Waals surface area contributed by atoms with Gasteiger partial charge in [0, 0.05) is 47.6 Å². The molecule has 10 heterocycles. The van der Waals surface area contributed by atoms with Crippen molar-refractivity contribution in [2.24, 2.45) is 35.2 Å². The van der Waals surface area contributed by atoms with E-state index in [0.29, 0.717) is 67.7 Å². The number of carboxylic acid groups (broad SMARTS) is 3. The summed E-state index contributed by atoms with van der Waals surface area (Å²) < 4.78 is 6.76. The number of carbonyl (C=O) groups excluding carboxylic acids is 2. The third kappa shape index (κ3) is 14.1. The number of aliphatic hydroxyl groups is 2. The van der Waals surface area contributed by atoms with Gasteiger partial charge in [0.2, 0.25) is 11.6 Å². The number of carboxylic acids is 3. The molecule has 0 aliphatic heterocycles. The molecule has 0 aromatic carbocycles. The summed E-state index contributed by atoms with van der Waals surface area (Å²) in [5.74, 6) is -3.87. The number of aromatic nitrogens is 20. The summed E-state index contributed by atoms with van der Waals surface area (Å²) in [5.41, 5.74) is 8.91. The van der Waals surface area contributed by atoms with Crippen molar-refractivity contribution in [3.8, 4) is 56.3 Å². The van der Waals surface area contributed by atoms with Gasteiger partial charge in [-0.3, -0.25) is 33.0 Å². The third-order valence-corrected chi connectivity index (χ3v) is 11.0. The Bertz CT molecular complexity index is 3780. The lowest BCUT2D eigenvalue weighted by Crippen LogP contribution is -2.12. The van der Waals surface area contributed by atoms with E-state index in [9.17, 15) is 24.0 Å². The van der Waals surface area contributed by atoms with E-state index in [0.717, 1.165) is 16.8 Å². The molecule has 0 atom stereocenters. The van der Waals surface area contributed by atoms with Crippen LogP contribution in [0.2, 0.25) is 0 Å². The molecule has 10 rings (SSSR count). The molecule has 0 unspecified atom stereocenters. The summed E-state index contributed by atoms with van der Waals surface area (Å²) >= 11 is 0. The van der Waals surface area contributed by atoms with Crippen molar-refractivity contribution in [3.05, 3.63) is 150 Å². The smallest absolute Gasteiger partial charge is 0.354 e. The summed E-state index contributed by atoms with van der Waals surface area (Å²) in [6, 6.07) is 13.9. The second-order valence-corrected chi connectivity index (χ2v) is 16.7. The Hall–Kier alpha value is -10.9. The van der Waals surface area contributed by atoms with Gasteiger partial charge in [0.05, 0.1) is 105 Å². The minimum atomic E-state index is -1.03. The minimum Gasteiger partial charge on any atom is -0.477 e. The van der Waals surface area contributed by atoms with E-state index in [1.807, 2.05) is 26.8 Å². The van der Waals surface area contributed by atoms with Crippen LogP contribution in [0, 0.1) is 20.8 Å². The number of hydrogen-bond acceptors (Lipinski definition) is 22. The Morgan fingerprint density at radius 1 is 0.388 bits per heavy atom. The summed E-state index contributed by atoms with van der Waals surface area (Å²) in [4.78, 5) is 56.2. The fraction of sp³-hybridized carbons (Fsp3) is 0.200. The van der Waals surface area contributed by atoms with Crippen LogP contribution in [0.3, 0.4) is 0 Å². The van der Waals surface area contributed by atoms with Crippen molar-refractivity contribution >= 4 is 29.5 Å². The van der Waals surface area contributed by atoms with Crippen LogP contribution in [0.1, 0.15) is 69.3 Å². The molecule has 10 aromatic heterocycles. The van der Waals surface area contributed by atoms with E-state index < -0.39 is 31.1 Å². The third-order valence-electron chi connectivity index (χ3n) is 11.0. The molecule has 410 valence electrons. The Kier molecular flexibility index (Phi) is 19.5. The molecule has 5 N–H and O–H groups in total. The molecule has 30 heteroatoms. The number of carbonyl (C=O) groups is 5. The van der Waals surface area contributed by atoms with Gasteiger partial charge in [0.1, 0.15) is 24.6 Å². The molecular formula is C50H50N20O10. The molecule has 0 saturated carbocycles. The fourth-order valence-electron chi connectivity index (χ4n) is 7.32. The lowest BCUT2D eigenvalue weighted by atomic mass is 10.1. The number of aryl methyl sites for hydroxylation is 8. The summed E-state index contributed by atoms with van der Waals surface area (Å²) in [6.07, 6.45) is 13.8. The number of nitrogens with zero attached hydrogens (tertiary/aromatic N) is 20. The highest BCUT2D eigenvalue weighted by atomic mass is 16.4. The monoisotopic (exact) mass is 1090 g/mol. The Labute approximate surface area is 452 Å². The van der Waals surface area contributed by atoms with Crippen LogP contribution in [0.25, 0.3) is 56.3 Å². The van der Waals surface area contributed by atoms with Gasteiger partial charge in [0.25, 0.3) is 0 Å². The molecule has 0 spiro atoms. The minimum absolute atomic E-state index is 0.107. The first-order chi connectivity index (χ1) is 38.2. The quantitative estimate of drug-likeness (QED) is 0.110. The van der Waals surface area contributed by atoms with Crippen molar-refractivity contribution in [2.75, 3.05) is 13.2 Å². The van der Waals surface area contributed by atoms with Crippen LogP contribution < -0.4 is 0 Å². The highest BCUT2D eigenvalue weighted by Crippen LogP contribution is 2.25. The number of ketones is 2. The average Bonchev–Trinajstić information content (AvgIpc) is 4.32. The van der Waals surface area contributed by atoms with Crippen LogP contribution in [0.15, 0.2) is 104 Å². The molecule has 0 aliphatic carbocycles. The zero-order valence-electron chi connectivity index (χ0n) is 44.0. The zero-order chi connectivity index (χ0) is 58.2. The highest BCUT2D eigenvalue weighted by molar-refractivity contribution is 6.02. The fourth-order valence-corrected chi connectivity index (χ4v) is 7.32. The zero-order valence-corrected chi connectivity index (χ0v) is 44.0. The van der Waals surface area contributed by atoms with Gasteiger partial charge >= 0.3 is 17.9 Å². The van der Waals surface area contributed by atoms with Crippen molar-refractivity contribution < 1.29 is 49.5 Å². The maximum Gasteiger partial charge on any atom is 0.354 e. The van der Waals surface area contributed by atoms with Crippen LogP contribution >= 0.6 is 0 Å². The summed E-state index contributed by atoms with van der Waals surface area (Å²) in [6.45, 7) is 4.48. The molecule has 0 aliphatic rings. The van der Waals surface area contributed by atoms with Gasteiger partial charge in [-0.1, -0.05) is 0 Å². The van der Waals surface area contributed by atoms with Crippen molar-refractivity contribution in [3.63, 3.8) is 0 Å². The molecule has 0 amide bonds. The standard InChI is InChI=1S/C11H12N4O2.3C10H10N4O2.C9H8N4O2/c1-7-3-9(14-12-4-7)8-5-13-15(2)11(8)10(17)6-16;1-6-3-8(13-11-4-6)7-5-12-14(2)9(7)10(15)16;1-6-3-4-8(13-12-6)7-5-11-14(2)9(7)10(15)16;1-14-10(9(16)6-15)7(5-12-14)8-3-2-4-11-13-8;1-13-8(9(14)15)6(5-11-13)7-3-2-4-10-12-7/h3-5,16H,6H2,1-2H3;2*3-5H,1-2H3,(H,15,16);2-5,15H,6H2,1H3;2-5H,1H3,(H,14,15). The Morgan fingerprint density at radius 2 is 0.700 bits per heavy atom. The largest absolute Gasteiger partial charge is 0.477 e. The lowest BCUT2D eigenvalue weighted by molar-refractivity contribution is 0.0675. The lowest BCUT2D eigenvalue weighted by Gasteiger charge is -2.03. The van der Waals surface area contributed by atoms with Crippen molar-refractivity contribution in [1.29, 1.82) is 0 Å². The van der Waals surface area contributed by atoms with Gasteiger partial charge < -0.3 is 25.5 Å². The van der Waals surface area contributed by atoms with Crippen LogP contribution in [0.5, 0.6) is 0 Å². The number of aromatic carboxylic acids is 3. The number of Topliss-reactive ketones (excluding diaryl/α,β-unsaturated/α-hetero) is 2. The number of rotatable bonds is 12. The molecule has 0 fully saturated rings. The molecular weight excluding hydrogens is 1040 g/mol. The molecule has 80 heavy (non-hydrogen) atoms. The molecule has 0 radical (unpaired) electrons. The molecule has 10 aromatic rings. The van der Waals surface area contributed by atoms with E-state index >= 15 is 0 Å². The van der Waals surface area contributed by atoms with E-state index in [1.165, 1.54) is 54.4 Å². The van der Waals surface area contributed by atoms with E-state index in [1.54, 1.807) is 102 Å². The summed E-state index contributed by atoms with van der Waals surface area (Å²) in [5, 5.41) is 103. The van der Waals surface area contributed by atoms with Crippen molar-refractivity contribution in [2.45, 2.75) is 20.8 Å². The maximum absolute atomic E-state index is 11.6. The van der Waals surface area contributed by atoms with Gasteiger partial charge in [-0.05, 0) is 80.4 Å². The van der Waals surface area contributed by atoms with Crippen molar-refractivity contribution in [1.82, 2.24) is 99.9 Å².